The average Bonchev–Trinajstić information content (AvgIpc) is 2.27. The van der Waals surface area contributed by atoms with Crippen molar-refractivity contribution in [3.63, 3.8) is 0 Å². The zero-order valence-electron chi connectivity index (χ0n) is 14.7. The van der Waals surface area contributed by atoms with Crippen molar-refractivity contribution in [2.24, 2.45) is 0 Å². The molecule has 1 aromatic rings. The highest BCUT2D eigenvalue weighted by atomic mass is 15.2. The molecule has 0 aromatic heterocycles. The summed E-state index contributed by atoms with van der Waals surface area (Å²) in [6, 6.07) is 9.74. The van der Waals surface area contributed by atoms with E-state index in [0.717, 1.165) is 13.0 Å². The van der Waals surface area contributed by atoms with Crippen LogP contribution in [0.2, 0.25) is 0 Å². The van der Waals surface area contributed by atoms with Gasteiger partial charge in [0.2, 0.25) is 0 Å². The summed E-state index contributed by atoms with van der Waals surface area (Å²) in [7, 11) is 0. The van der Waals surface area contributed by atoms with Gasteiger partial charge < -0.3 is 0 Å². The summed E-state index contributed by atoms with van der Waals surface area (Å²) < 4.78 is 0. The largest absolute Gasteiger partial charge is 0.296 e. The Morgan fingerprint density at radius 3 is 1.80 bits per heavy atom. The molecule has 0 saturated carbocycles. The van der Waals surface area contributed by atoms with Crippen molar-refractivity contribution in [1.29, 1.82) is 0 Å². The fourth-order valence-electron chi connectivity index (χ4n) is 3.04. The molecule has 1 unspecified atom stereocenters. The van der Waals surface area contributed by atoms with Crippen molar-refractivity contribution in [1.82, 2.24) is 4.90 Å². The lowest BCUT2D eigenvalue weighted by Crippen LogP contribution is -2.47. The van der Waals surface area contributed by atoms with Gasteiger partial charge in [-0.05, 0) is 57.2 Å². The molecule has 0 amide bonds. The van der Waals surface area contributed by atoms with Crippen molar-refractivity contribution in [3.8, 4) is 0 Å². The van der Waals surface area contributed by atoms with Gasteiger partial charge in [-0.3, -0.25) is 4.90 Å². The fourth-order valence-corrected chi connectivity index (χ4v) is 3.04. The lowest BCUT2D eigenvalue weighted by atomic mass is 9.86. The molecule has 0 heterocycles. The first-order chi connectivity index (χ1) is 9.05. The normalized spacial score (nSPS) is 14.7. The topological polar surface area (TPSA) is 3.24 Å². The van der Waals surface area contributed by atoms with Gasteiger partial charge in [-0.2, -0.15) is 0 Å². The lowest BCUT2D eigenvalue weighted by Gasteiger charge is -2.39. The van der Waals surface area contributed by atoms with Crippen LogP contribution in [0, 0.1) is 0 Å². The van der Waals surface area contributed by atoms with Gasteiger partial charge >= 0.3 is 0 Å². The van der Waals surface area contributed by atoms with Crippen molar-refractivity contribution < 1.29 is 0 Å². The molecule has 1 nitrogen and oxygen atoms in total. The van der Waals surface area contributed by atoms with E-state index in [1.165, 1.54) is 11.1 Å². The Bertz CT molecular complexity index is 403. The molecular formula is C19H33N. The van der Waals surface area contributed by atoms with E-state index in [4.69, 9.17) is 0 Å². The van der Waals surface area contributed by atoms with Gasteiger partial charge in [0.1, 0.15) is 0 Å². The summed E-state index contributed by atoms with van der Waals surface area (Å²) in [5.41, 5.74) is 3.33. The minimum atomic E-state index is 0.236. The minimum absolute atomic E-state index is 0.236. The molecule has 0 aliphatic rings. The van der Waals surface area contributed by atoms with Crippen LogP contribution >= 0.6 is 0 Å². The molecule has 1 rings (SSSR count). The van der Waals surface area contributed by atoms with Crippen LogP contribution in [0.25, 0.3) is 0 Å². The van der Waals surface area contributed by atoms with E-state index in [1.54, 1.807) is 0 Å². The number of hydrogen-bond donors (Lipinski definition) is 0. The number of hydrogen-bond acceptors (Lipinski definition) is 1. The number of nitrogens with zero attached hydrogens (tertiary/aromatic N) is 1. The molecule has 0 radical (unpaired) electrons. The van der Waals surface area contributed by atoms with Gasteiger partial charge in [-0.15, -0.1) is 0 Å². The third-order valence-electron chi connectivity index (χ3n) is 4.09. The first-order valence-corrected chi connectivity index (χ1v) is 7.92. The molecule has 0 N–H and O–H groups in total. The Hall–Kier alpha value is -0.820. The highest BCUT2D eigenvalue weighted by Crippen LogP contribution is 2.24. The van der Waals surface area contributed by atoms with Crippen LogP contribution in [-0.2, 0) is 11.8 Å². The third-order valence-corrected chi connectivity index (χ3v) is 4.09. The number of rotatable bonds is 4. The van der Waals surface area contributed by atoms with Gasteiger partial charge in [0.05, 0.1) is 0 Å². The highest BCUT2D eigenvalue weighted by Gasteiger charge is 2.24. The highest BCUT2D eigenvalue weighted by molar-refractivity contribution is 5.28. The Labute approximate surface area is 126 Å². The molecule has 114 valence electrons. The second-order valence-corrected chi connectivity index (χ2v) is 7.96. The molecular weight excluding hydrogens is 242 g/mol. The molecule has 1 heteroatoms. The van der Waals surface area contributed by atoms with Crippen LogP contribution in [-0.4, -0.2) is 23.0 Å². The molecule has 0 aliphatic carbocycles. The van der Waals surface area contributed by atoms with E-state index in [1.807, 2.05) is 0 Å². The standard InChI is InChI=1S/C19H33N/c1-9-20(19(6,7)8)15(2)14-16-10-12-17(13-11-16)18(3,4)5/h10-13,15H,9,14H2,1-8H3. The number of benzene rings is 1. The van der Waals surface area contributed by atoms with E-state index in [9.17, 15) is 0 Å². The summed E-state index contributed by atoms with van der Waals surface area (Å²) in [4.78, 5) is 2.57. The average molecular weight is 275 g/mol. The predicted molar refractivity (Wildman–Crippen MR) is 90.4 cm³/mol. The maximum absolute atomic E-state index is 2.57. The van der Waals surface area contributed by atoms with Gasteiger partial charge in [0.25, 0.3) is 0 Å². The van der Waals surface area contributed by atoms with E-state index in [0.29, 0.717) is 6.04 Å². The first-order valence-electron chi connectivity index (χ1n) is 7.92. The van der Waals surface area contributed by atoms with Crippen molar-refractivity contribution in [2.45, 2.75) is 78.8 Å². The smallest absolute Gasteiger partial charge is 0.0127 e. The second kappa shape index (κ2) is 6.30. The van der Waals surface area contributed by atoms with E-state index >= 15 is 0 Å². The molecule has 1 aromatic carbocycles. The van der Waals surface area contributed by atoms with E-state index in [2.05, 4.69) is 84.6 Å². The lowest BCUT2D eigenvalue weighted by molar-refractivity contribution is 0.0974. The monoisotopic (exact) mass is 275 g/mol. The van der Waals surface area contributed by atoms with Crippen LogP contribution in [0.1, 0.15) is 66.5 Å². The quantitative estimate of drug-likeness (QED) is 0.744. The van der Waals surface area contributed by atoms with Crippen LogP contribution in [0.3, 0.4) is 0 Å². The van der Waals surface area contributed by atoms with E-state index in [-0.39, 0.29) is 11.0 Å². The summed E-state index contributed by atoms with van der Waals surface area (Å²) in [6.45, 7) is 19.4. The van der Waals surface area contributed by atoms with E-state index < -0.39 is 0 Å². The zero-order chi connectivity index (χ0) is 15.6. The van der Waals surface area contributed by atoms with Crippen LogP contribution in [0.5, 0.6) is 0 Å². The summed E-state index contributed by atoms with van der Waals surface area (Å²) in [6.07, 6.45) is 1.12. The van der Waals surface area contributed by atoms with Crippen LogP contribution < -0.4 is 0 Å². The molecule has 0 aliphatic heterocycles. The van der Waals surface area contributed by atoms with Gasteiger partial charge in [0.15, 0.2) is 0 Å². The van der Waals surface area contributed by atoms with Gasteiger partial charge in [0, 0.05) is 11.6 Å². The van der Waals surface area contributed by atoms with Crippen molar-refractivity contribution in [2.75, 3.05) is 6.54 Å². The molecule has 0 fully saturated rings. The van der Waals surface area contributed by atoms with Crippen LogP contribution in [0.4, 0.5) is 0 Å². The summed E-state index contributed by atoms with van der Waals surface area (Å²) in [5, 5.41) is 0. The SMILES string of the molecule is CCN(C(C)Cc1ccc(C(C)(C)C)cc1)C(C)(C)C. The van der Waals surface area contributed by atoms with Gasteiger partial charge in [-0.25, -0.2) is 0 Å². The maximum atomic E-state index is 2.57. The molecule has 0 saturated heterocycles. The third kappa shape index (κ3) is 4.63. The van der Waals surface area contributed by atoms with Crippen LogP contribution in [0.15, 0.2) is 24.3 Å². The summed E-state index contributed by atoms with van der Waals surface area (Å²) in [5.74, 6) is 0. The minimum Gasteiger partial charge on any atom is -0.296 e. The first kappa shape index (κ1) is 17.2. The Balaban J connectivity index is 2.78. The molecule has 20 heavy (non-hydrogen) atoms. The second-order valence-electron chi connectivity index (χ2n) is 7.96. The maximum Gasteiger partial charge on any atom is 0.0127 e. The fraction of sp³-hybridized carbons (Fsp3) is 0.684. The molecule has 0 bridgehead atoms. The Kier molecular flexibility index (Phi) is 5.43. The zero-order valence-corrected chi connectivity index (χ0v) is 14.7. The summed E-state index contributed by atoms with van der Waals surface area (Å²) >= 11 is 0. The number of likely N-dealkylation sites (N-methyl/N-ethyl adjacent to an activating group) is 1. The van der Waals surface area contributed by atoms with Crippen molar-refractivity contribution in [3.05, 3.63) is 35.4 Å². The molecule has 1 atom stereocenters. The Morgan fingerprint density at radius 2 is 1.45 bits per heavy atom. The predicted octanol–water partition coefficient (Wildman–Crippen LogP) is 5.04. The van der Waals surface area contributed by atoms with Crippen molar-refractivity contribution >= 4 is 0 Å². The Morgan fingerprint density at radius 1 is 0.950 bits per heavy atom. The van der Waals surface area contributed by atoms with Gasteiger partial charge in [-0.1, -0.05) is 52.0 Å². The molecule has 0 spiro atoms.